The van der Waals surface area contributed by atoms with Crippen LogP contribution in [0.15, 0.2) is 146 Å². The van der Waals surface area contributed by atoms with Gasteiger partial charge in [-0.05, 0) is 59.3 Å². The Morgan fingerprint density at radius 1 is 0.350 bits per heavy atom. The normalized spacial score (nSPS) is 11.2. The molecule has 202 valence electrons. The van der Waals surface area contributed by atoms with Gasteiger partial charge in [0.1, 0.15) is 0 Å². The van der Waals surface area contributed by atoms with Gasteiger partial charge in [0, 0.05) is 24.9 Å². The van der Waals surface area contributed by atoms with Crippen LogP contribution in [0.1, 0.15) is 58.1 Å². The average molecular weight is 525 g/mol. The number of hydrogen-bond acceptors (Lipinski definition) is 2. The third-order valence-electron chi connectivity index (χ3n) is 7.71. The maximum absolute atomic E-state index is 3.67. The van der Waals surface area contributed by atoms with Gasteiger partial charge in [-0.2, -0.15) is 0 Å². The van der Waals surface area contributed by atoms with E-state index in [2.05, 4.69) is 156 Å². The van der Waals surface area contributed by atoms with E-state index in [0.717, 1.165) is 39.0 Å². The van der Waals surface area contributed by atoms with Crippen molar-refractivity contribution in [2.24, 2.45) is 0 Å². The zero-order chi connectivity index (χ0) is 27.2. The number of rotatable bonds is 14. The third-order valence-corrected chi connectivity index (χ3v) is 7.71. The van der Waals surface area contributed by atoms with Gasteiger partial charge in [0.25, 0.3) is 0 Å². The van der Waals surface area contributed by atoms with Crippen LogP contribution >= 0.6 is 0 Å². The van der Waals surface area contributed by atoms with Gasteiger partial charge in [-0.25, -0.2) is 0 Å². The van der Waals surface area contributed by atoms with Crippen LogP contribution in [0, 0.1) is 0 Å². The average Bonchev–Trinajstić information content (AvgIpc) is 3.03. The quantitative estimate of drug-likeness (QED) is 0.143. The summed E-state index contributed by atoms with van der Waals surface area (Å²) in [4.78, 5) is 0. The molecular formula is C38H40N2. The van der Waals surface area contributed by atoms with Crippen LogP contribution in [0.25, 0.3) is 0 Å². The molecule has 5 aromatic rings. The molecule has 0 radical (unpaired) electrons. The minimum Gasteiger partial charge on any atom is -0.313 e. The summed E-state index contributed by atoms with van der Waals surface area (Å²) < 4.78 is 0. The predicted octanol–water partition coefficient (Wildman–Crippen LogP) is 8.31. The topological polar surface area (TPSA) is 24.1 Å². The van der Waals surface area contributed by atoms with Crippen molar-refractivity contribution in [1.82, 2.24) is 10.6 Å². The molecule has 0 atom stereocenters. The maximum atomic E-state index is 3.67. The first-order valence-electron chi connectivity index (χ1n) is 14.6. The van der Waals surface area contributed by atoms with Crippen LogP contribution in [0.5, 0.6) is 0 Å². The molecule has 0 amide bonds. The van der Waals surface area contributed by atoms with E-state index in [1.54, 1.807) is 0 Å². The van der Waals surface area contributed by atoms with Crippen molar-refractivity contribution in [3.63, 3.8) is 0 Å². The first kappa shape index (κ1) is 27.6. The number of nitrogens with one attached hydrogen (secondary N) is 2. The van der Waals surface area contributed by atoms with E-state index in [-0.39, 0.29) is 0 Å². The third kappa shape index (κ3) is 8.02. The number of benzene rings is 5. The molecule has 0 fully saturated rings. The summed E-state index contributed by atoms with van der Waals surface area (Å²) in [6.07, 6.45) is 2.14. The van der Waals surface area contributed by atoms with Gasteiger partial charge in [-0.1, -0.05) is 146 Å². The molecule has 2 nitrogen and oxygen atoms in total. The Balaban J connectivity index is 1.07. The standard InChI is InChI=1S/C38H40N2/c1-5-13-33(14-6-1)37(34-15-7-2-8-16-34)25-27-39-29-31-21-23-32(24-22-31)30-40-28-26-38(35-17-9-3-10-18-35)36-19-11-4-12-20-36/h1-24,37-40H,25-30H2. The molecule has 0 aliphatic heterocycles. The zero-order valence-electron chi connectivity index (χ0n) is 23.3. The van der Waals surface area contributed by atoms with Crippen molar-refractivity contribution in [3.8, 4) is 0 Å². The Morgan fingerprint density at radius 3 is 0.900 bits per heavy atom. The minimum atomic E-state index is 0.409. The van der Waals surface area contributed by atoms with E-state index >= 15 is 0 Å². The summed E-state index contributed by atoms with van der Waals surface area (Å²) in [5.41, 5.74) is 8.18. The van der Waals surface area contributed by atoms with Gasteiger partial charge in [0.15, 0.2) is 0 Å². The molecule has 0 spiro atoms. The van der Waals surface area contributed by atoms with Crippen molar-refractivity contribution >= 4 is 0 Å². The van der Waals surface area contributed by atoms with Gasteiger partial charge < -0.3 is 10.6 Å². The Hall–Kier alpha value is -3.98. The van der Waals surface area contributed by atoms with E-state index in [0.29, 0.717) is 11.8 Å². The summed E-state index contributed by atoms with van der Waals surface area (Å²) >= 11 is 0. The minimum absolute atomic E-state index is 0.409. The second kappa shape index (κ2) is 15.0. The molecule has 40 heavy (non-hydrogen) atoms. The first-order chi connectivity index (χ1) is 19.9. The van der Waals surface area contributed by atoms with E-state index in [4.69, 9.17) is 0 Å². The molecule has 0 heterocycles. The fourth-order valence-corrected chi connectivity index (χ4v) is 5.53. The lowest BCUT2D eigenvalue weighted by Gasteiger charge is -2.19. The molecular weight excluding hydrogens is 484 g/mol. The van der Waals surface area contributed by atoms with Gasteiger partial charge >= 0.3 is 0 Å². The van der Waals surface area contributed by atoms with Gasteiger partial charge in [0.05, 0.1) is 0 Å². The van der Waals surface area contributed by atoms with Crippen LogP contribution in [0.2, 0.25) is 0 Å². The molecule has 0 unspecified atom stereocenters. The molecule has 5 aromatic carbocycles. The Bertz CT molecular complexity index is 1180. The second-order valence-corrected chi connectivity index (χ2v) is 10.5. The number of hydrogen-bond donors (Lipinski definition) is 2. The molecule has 2 heteroatoms. The molecule has 0 bridgehead atoms. The van der Waals surface area contributed by atoms with E-state index in [1.807, 2.05) is 0 Å². The summed E-state index contributed by atoms with van der Waals surface area (Å²) in [7, 11) is 0. The Morgan fingerprint density at radius 2 is 0.625 bits per heavy atom. The Labute approximate surface area is 240 Å². The van der Waals surface area contributed by atoms with Crippen LogP contribution in [0.4, 0.5) is 0 Å². The fourth-order valence-electron chi connectivity index (χ4n) is 5.53. The molecule has 0 aromatic heterocycles. The molecule has 2 N–H and O–H groups in total. The smallest absolute Gasteiger partial charge is 0.0205 e. The second-order valence-electron chi connectivity index (χ2n) is 10.5. The highest BCUT2D eigenvalue weighted by molar-refractivity contribution is 5.33. The van der Waals surface area contributed by atoms with Crippen molar-refractivity contribution in [1.29, 1.82) is 0 Å². The summed E-state index contributed by atoms with van der Waals surface area (Å²) in [6.45, 7) is 3.73. The van der Waals surface area contributed by atoms with Crippen LogP contribution in [-0.2, 0) is 13.1 Å². The Kier molecular flexibility index (Phi) is 10.3. The van der Waals surface area contributed by atoms with Crippen molar-refractivity contribution in [2.45, 2.75) is 37.8 Å². The summed E-state index contributed by atoms with van der Waals surface area (Å²) in [5, 5.41) is 7.34. The largest absolute Gasteiger partial charge is 0.313 e. The van der Waals surface area contributed by atoms with Crippen LogP contribution < -0.4 is 10.6 Å². The molecule has 0 saturated carbocycles. The predicted molar refractivity (Wildman–Crippen MR) is 169 cm³/mol. The van der Waals surface area contributed by atoms with Crippen molar-refractivity contribution in [2.75, 3.05) is 13.1 Å². The first-order valence-corrected chi connectivity index (χ1v) is 14.6. The molecule has 0 aliphatic rings. The lowest BCUT2D eigenvalue weighted by molar-refractivity contribution is 0.608. The molecule has 0 aliphatic carbocycles. The van der Waals surface area contributed by atoms with E-state index in [1.165, 1.54) is 33.4 Å². The highest BCUT2D eigenvalue weighted by Gasteiger charge is 2.14. The van der Waals surface area contributed by atoms with Crippen molar-refractivity contribution < 1.29 is 0 Å². The van der Waals surface area contributed by atoms with Crippen LogP contribution in [0.3, 0.4) is 0 Å². The van der Waals surface area contributed by atoms with Gasteiger partial charge in [-0.15, -0.1) is 0 Å². The van der Waals surface area contributed by atoms with Gasteiger partial charge in [0.2, 0.25) is 0 Å². The maximum Gasteiger partial charge on any atom is 0.0205 e. The SMILES string of the molecule is c1ccc(C(CCNCc2ccc(CNCCC(c3ccccc3)c3ccccc3)cc2)c2ccccc2)cc1. The summed E-state index contributed by atoms with van der Waals surface area (Å²) in [5.74, 6) is 0.818. The summed E-state index contributed by atoms with van der Waals surface area (Å²) in [6, 6.07) is 52.5. The fraction of sp³-hybridized carbons (Fsp3) is 0.211. The highest BCUT2D eigenvalue weighted by atomic mass is 14.9. The van der Waals surface area contributed by atoms with Gasteiger partial charge in [-0.3, -0.25) is 0 Å². The lowest BCUT2D eigenvalue weighted by atomic mass is 9.88. The molecule has 0 saturated heterocycles. The molecule has 5 rings (SSSR count). The monoisotopic (exact) mass is 524 g/mol. The van der Waals surface area contributed by atoms with Crippen LogP contribution in [-0.4, -0.2) is 13.1 Å². The highest BCUT2D eigenvalue weighted by Crippen LogP contribution is 2.28. The van der Waals surface area contributed by atoms with Crippen molar-refractivity contribution in [3.05, 3.63) is 179 Å². The lowest BCUT2D eigenvalue weighted by Crippen LogP contribution is -2.19. The van der Waals surface area contributed by atoms with E-state index in [9.17, 15) is 0 Å². The van der Waals surface area contributed by atoms with E-state index < -0.39 is 0 Å². The zero-order valence-corrected chi connectivity index (χ0v) is 23.3.